The number of rotatable bonds is 8. The molecule has 0 aliphatic rings. The van der Waals surface area contributed by atoms with Gasteiger partial charge in [0.05, 0.1) is 15.9 Å². The van der Waals surface area contributed by atoms with E-state index in [0.717, 1.165) is 22.2 Å². The van der Waals surface area contributed by atoms with Gasteiger partial charge in [0.25, 0.3) is 5.91 Å². The lowest BCUT2D eigenvalue weighted by Crippen LogP contribution is -2.36. The molecule has 192 valence electrons. The van der Waals surface area contributed by atoms with Gasteiger partial charge < -0.3 is 10.3 Å². The molecule has 1 heterocycles. The van der Waals surface area contributed by atoms with Crippen molar-refractivity contribution in [2.75, 3.05) is 5.32 Å². The van der Waals surface area contributed by atoms with Crippen LogP contribution >= 0.6 is 0 Å². The summed E-state index contributed by atoms with van der Waals surface area (Å²) in [4.78, 5) is 21.0. The summed E-state index contributed by atoms with van der Waals surface area (Å²) in [5.41, 5.74) is 4.52. The van der Waals surface area contributed by atoms with Crippen molar-refractivity contribution in [3.63, 3.8) is 0 Å². The molecule has 0 unspecified atom stereocenters. The molecule has 5 aromatic rings. The van der Waals surface area contributed by atoms with Gasteiger partial charge in [0.15, 0.2) is 0 Å². The molecule has 5 rings (SSSR count). The highest BCUT2D eigenvalue weighted by atomic mass is 32.2. The summed E-state index contributed by atoms with van der Waals surface area (Å²) in [6.07, 6.45) is 0. The quantitative estimate of drug-likeness (QED) is 0.257. The molecular weight excluding hydrogens is 496 g/mol. The number of hydrogen-bond donors (Lipinski definition) is 2. The first-order valence-corrected chi connectivity index (χ1v) is 13.8. The van der Waals surface area contributed by atoms with E-state index in [0.29, 0.717) is 17.1 Å². The fraction of sp³-hybridized carbons (Fsp3) is 0.133. The van der Waals surface area contributed by atoms with Gasteiger partial charge in [-0.25, -0.2) is 13.4 Å². The molecular formula is C30H28N4O3S. The number of fused-ring (bicyclic) bond motifs is 1. The first kappa shape index (κ1) is 25.4. The number of anilines is 1. The third-order valence-electron chi connectivity index (χ3n) is 6.26. The summed E-state index contributed by atoms with van der Waals surface area (Å²) in [6, 6.07) is 30.5. The average Bonchev–Trinajstić information content (AvgIpc) is 3.37. The number of nitrogens with one attached hydrogen (secondary N) is 2. The fourth-order valence-corrected chi connectivity index (χ4v) is 5.88. The minimum Gasteiger partial charge on any atom is -0.338 e. The molecule has 7 nitrogen and oxygen atoms in total. The van der Waals surface area contributed by atoms with Crippen LogP contribution in [-0.4, -0.2) is 34.6 Å². The molecule has 2 N–H and O–H groups in total. The molecule has 1 aromatic heterocycles. The number of carbonyl (C=O) groups excluding carboxylic acids is 1. The van der Waals surface area contributed by atoms with Crippen LogP contribution in [0.1, 0.15) is 29.8 Å². The number of hydrogen-bond acceptors (Lipinski definition) is 4. The third kappa shape index (κ3) is 5.37. The van der Waals surface area contributed by atoms with E-state index in [1.54, 1.807) is 6.07 Å². The Balaban J connectivity index is 1.32. The summed E-state index contributed by atoms with van der Waals surface area (Å²) >= 11 is 0. The zero-order chi connectivity index (χ0) is 26.7. The maximum Gasteiger partial charge on any atom is 0.255 e. The van der Waals surface area contributed by atoms with E-state index in [1.165, 1.54) is 28.6 Å². The van der Waals surface area contributed by atoms with E-state index < -0.39 is 10.0 Å². The minimum atomic E-state index is -3.76. The van der Waals surface area contributed by atoms with Gasteiger partial charge >= 0.3 is 0 Å². The van der Waals surface area contributed by atoms with Crippen molar-refractivity contribution < 1.29 is 13.2 Å². The van der Waals surface area contributed by atoms with Crippen molar-refractivity contribution in [2.45, 2.75) is 31.3 Å². The normalized spacial score (nSPS) is 11.8. The van der Waals surface area contributed by atoms with Crippen molar-refractivity contribution in [1.29, 1.82) is 0 Å². The van der Waals surface area contributed by atoms with Crippen molar-refractivity contribution in [1.82, 2.24) is 14.3 Å². The topological polar surface area (TPSA) is 95.2 Å². The lowest BCUT2D eigenvalue weighted by atomic mass is 10.1. The first-order chi connectivity index (χ1) is 18.3. The van der Waals surface area contributed by atoms with Crippen LogP contribution in [-0.2, 0) is 16.6 Å². The SMILES string of the molecule is CC(C)N(Cc1ccccc1)S(=O)(=O)c1ccc(C(=O)Nc2cccc(-c3nc4ccccc4[nH]3)c2)cc1. The number of imidazole rings is 1. The maximum atomic E-state index is 13.4. The van der Waals surface area contributed by atoms with E-state index >= 15 is 0 Å². The molecule has 38 heavy (non-hydrogen) atoms. The number of carbonyl (C=O) groups is 1. The van der Waals surface area contributed by atoms with Crippen LogP contribution in [0.15, 0.2) is 108 Å². The minimum absolute atomic E-state index is 0.144. The van der Waals surface area contributed by atoms with Crippen LogP contribution in [0.5, 0.6) is 0 Å². The Hall–Kier alpha value is -4.27. The van der Waals surface area contributed by atoms with Crippen LogP contribution in [0.2, 0.25) is 0 Å². The van der Waals surface area contributed by atoms with Crippen LogP contribution < -0.4 is 5.32 Å². The van der Waals surface area contributed by atoms with E-state index in [-0.39, 0.29) is 23.4 Å². The number of nitrogens with zero attached hydrogens (tertiary/aromatic N) is 2. The smallest absolute Gasteiger partial charge is 0.255 e. The number of sulfonamides is 1. The predicted molar refractivity (Wildman–Crippen MR) is 150 cm³/mol. The Kier molecular flexibility index (Phi) is 7.09. The first-order valence-electron chi connectivity index (χ1n) is 12.3. The summed E-state index contributed by atoms with van der Waals surface area (Å²) in [5.74, 6) is 0.378. The summed E-state index contributed by atoms with van der Waals surface area (Å²) in [5, 5.41) is 2.89. The van der Waals surface area contributed by atoms with E-state index in [9.17, 15) is 13.2 Å². The lowest BCUT2D eigenvalue weighted by molar-refractivity contribution is 0.102. The number of H-pyrrole nitrogens is 1. The second kappa shape index (κ2) is 10.6. The molecule has 4 aromatic carbocycles. The highest BCUT2D eigenvalue weighted by Gasteiger charge is 2.27. The van der Waals surface area contributed by atoms with Gasteiger partial charge in [-0.15, -0.1) is 0 Å². The molecule has 0 atom stereocenters. The largest absolute Gasteiger partial charge is 0.338 e. The molecule has 1 amide bonds. The molecule has 0 saturated heterocycles. The summed E-state index contributed by atoms with van der Waals surface area (Å²) in [6.45, 7) is 3.97. The molecule has 0 aliphatic heterocycles. The van der Waals surface area contributed by atoms with Gasteiger partial charge in [-0.05, 0) is 67.9 Å². The average molecular weight is 525 g/mol. The molecule has 0 fully saturated rings. The third-order valence-corrected chi connectivity index (χ3v) is 8.30. The molecule has 0 radical (unpaired) electrons. The number of benzene rings is 4. The number of aromatic nitrogens is 2. The second-order valence-electron chi connectivity index (χ2n) is 9.29. The molecule has 0 saturated carbocycles. The lowest BCUT2D eigenvalue weighted by Gasteiger charge is -2.26. The van der Waals surface area contributed by atoms with Crippen molar-refractivity contribution in [3.05, 3.63) is 114 Å². The van der Waals surface area contributed by atoms with E-state index in [1.807, 2.05) is 86.6 Å². The standard InChI is InChI=1S/C30H28N4O3S/c1-21(2)34(20-22-9-4-3-5-10-22)38(36,37)26-17-15-23(16-18-26)30(35)31-25-12-8-11-24(19-25)29-32-27-13-6-7-14-28(27)33-29/h3-19,21H,20H2,1-2H3,(H,31,35)(H,32,33). The molecule has 0 spiro atoms. The zero-order valence-electron chi connectivity index (χ0n) is 21.1. The van der Waals surface area contributed by atoms with Crippen molar-refractivity contribution in [3.8, 4) is 11.4 Å². The predicted octanol–water partition coefficient (Wildman–Crippen LogP) is 6.08. The Morgan fingerprint density at radius 1 is 0.895 bits per heavy atom. The molecule has 0 bridgehead atoms. The van der Waals surface area contributed by atoms with Crippen LogP contribution in [0.25, 0.3) is 22.4 Å². The maximum absolute atomic E-state index is 13.4. The highest BCUT2D eigenvalue weighted by Crippen LogP contribution is 2.25. The van der Waals surface area contributed by atoms with Crippen LogP contribution in [0, 0.1) is 0 Å². The Labute approximate surface area is 222 Å². The summed E-state index contributed by atoms with van der Waals surface area (Å²) < 4.78 is 28.3. The molecule has 8 heteroatoms. The second-order valence-corrected chi connectivity index (χ2v) is 11.2. The van der Waals surface area contributed by atoms with Gasteiger partial charge in [-0.3, -0.25) is 4.79 Å². The van der Waals surface area contributed by atoms with E-state index in [4.69, 9.17) is 0 Å². The molecule has 0 aliphatic carbocycles. The Morgan fingerprint density at radius 3 is 2.32 bits per heavy atom. The highest BCUT2D eigenvalue weighted by molar-refractivity contribution is 7.89. The van der Waals surface area contributed by atoms with Crippen LogP contribution in [0.3, 0.4) is 0 Å². The van der Waals surface area contributed by atoms with Gasteiger partial charge in [-0.2, -0.15) is 4.31 Å². The van der Waals surface area contributed by atoms with Gasteiger partial charge in [0, 0.05) is 29.4 Å². The van der Waals surface area contributed by atoms with Gasteiger partial charge in [0.1, 0.15) is 5.82 Å². The number of aromatic amines is 1. The summed E-state index contributed by atoms with van der Waals surface area (Å²) in [7, 11) is -3.76. The van der Waals surface area contributed by atoms with Crippen LogP contribution in [0.4, 0.5) is 5.69 Å². The van der Waals surface area contributed by atoms with Gasteiger partial charge in [-0.1, -0.05) is 54.6 Å². The number of para-hydroxylation sites is 2. The monoisotopic (exact) mass is 524 g/mol. The fourth-order valence-electron chi connectivity index (χ4n) is 4.26. The van der Waals surface area contributed by atoms with E-state index in [2.05, 4.69) is 15.3 Å². The Bertz CT molecular complexity index is 1650. The van der Waals surface area contributed by atoms with Crippen molar-refractivity contribution in [2.24, 2.45) is 0 Å². The Morgan fingerprint density at radius 2 is 1.61 bits per heavy atom. The van der Waals surface area contributed by atoms with Gasteiger partial charge in [0.2, 0.25) is 10.0 Å². The van der Waals surface area contributed by atoms with Crippen molar-refractivity contribution >= 4 is 32.7 Å². The zero-order valence-corrected chi connectivity index (χ0v) is 21.9. The number of amides is 1.